The standard InChI is InChI=1S/C25H24N6O.C2HF3O2/c26-11-3-1-2-4-12-29-25(32)16-9-10-19-20(15-16)31-24-18-8-6-14-28-22(18)21-17(23(24)30-19)7-5-13-27-21;3-2(4,5)1(6)7/h5-10,13-15H,1-4,11-12,26H2,(H,29,32);(H,6,7). The van der Waals surface area contributed by atoms with Crippen LogP contribution in [0.3, 0.4) is 0 Å². The second-order valence-corrected chi connectivity index (χ2v) is 8.69. The molecule has 0 saturated carbocycles. The number of unbranched alkanes of at least 4 members (excludes halogenated alkanes) is 3. The van der Waals surface area contributed by atoms with Crippen LogP contribution in [-0.2, 0) is 4.79 Å². The van der Waals surface area contributed by atoms with E-state index in [1.54, 1.807) is 24.5 Å². The van der Waals surface area contributed by atoms with Gasteiger partial charge in [-0.1, -0.05) is 12.8 Å². The molecule has 9 nitrogen and oxygen atoms in total. The van der Waals surface area contributed by atoms with Gasteiger partial charge in [0.25, 0.3) is 5.91 Å². The molecule has 0 bridgehead atoms. The first kappa shape index (κ1) is 27.6. The molecular weight excluding hydrogens is 513 g/mol. The van der Waals surface area contributed by atoms with E-state index in [0.29, 0.717) is 17.6 Å². The number of alkyl halides is 3. The van der Waals surface area contributed by atoms with E-state index >= 15 is 0 Å². The summed E-state index contributed by atoms with van der Waals surface area (Å²) in [5, 5.41) is 11.9. The van der Waals surface area contributed by atoms with Gasteiger partial charge in [-0.15, -0.1) is 0 Å². The van der Waals surface area contributed by atoms with Crippen molar-refractivity contribution < 1.29 is 27.9 Å². The number of carbonyl (C=O) groups excluding carboxylic acids is 1. The minimum Gasteiger partial charge on any atom is -0.475 e. The average Bonchev–Trinajstić information content (AvgIpc) is 2.93. The second kappa shape index (κ2) is 11.9. The number of aliphatic carboxylic acids is 1. The molecule has 5 aromatic rings. The number of halogens is 3. The van der Waals surface area contributed by atoms with Gasteiger partial charge in [0.2, 0.25) is 0 Å². The summed E-state index contributed by atoms with van der Waals surface area (Å²) in [7, 11) is 0. The van der Waals surface area contributed by atoms with Gasteiger partial charge in [-0.2, -0.15) is 13.2 Å². The van der Waals surface area contributed by atoms with Crippen molar-refractivity contribution in [2.75, 3.05) is 13.1 Å². The highest BCUT2D eigenvalue weighted by atomic mass is 19.4. The number of hydrogen-bond donors (Lipinski definition) is 3. The van der Waals surface area contributed by atoms with E-state index in [0.717, 1.165) is 70.6 Å². The van der Waals surface area contributed by atoms with E-state index in [-0.39, 0.29) is 5.91 Å². The molecule has 4 N–H and O–H groups in total. The van der Waals surface area contributed by atoms with Gasteiger partial charge in [0.15, 0.2) is 0 Å². The lowest BCUT2D eigenvalue weighted by atomic mass is 10.1. The predicted octanol–water partition coefficient (Wildman–Crippen LogP) is 4.76. The highest BCUT2D eigenvalue weighted by Gasteiger charge is 2.38. The normalized spacial score (nSPS) is 11.5. The van der Waals surface area contributed by atoms with Crippen molar-refractivity contribution in [3.05, 3.63) is 60.4 Å². The minimum absolute atomic E-state index is 0.0955. The van der Waals surface area contributed by atoms with Crippen LogP contribution in [0.4, 0.5) is 13.2 Å². The molecule has 0 atom stereocenters. The zero-order valence-corrected chi connectivity index (χ0v) is 20.7. The molecule has 0 unspecified atom stereocenters. The third-order valence-electron chi connectivity index (χ3n) is 5.94. The second-order valence-electron chi connectivity index (χ2n) is 8.69. The Morgan fingerprint density at radius 2 is 1.38 bits per heavy atom. The Morgan fingerprint density at radius 1 is 0.821 bits per heavy atom. The fourth-order valence-electron chi connectivity index (χ4n) is 4.07. The first-order valence-corrected chi connectivity index (χ1v) is 12.2. The monoisotopic (exact) mass is 538 g/mol. The summed E-state index contributed by atoms with van der Waals surface area (Å²) < 4.78 is 31.7. The number of carboxylic acid groups (broad SMARTS) is 1. The van der Waals surface area contributed by atoms with E-state index in [4.69, 9.17) is 25.6 Å². The first-order valence-electron chi connectivity index (χ1n) is 12.2. The van der Waals surface area contributed by atoms with E-state index < -0.39 is 12.1 Å². The number of amides is 1. The van der Waals surface area contributed by atoms with Crippen molar-refractivity contribution in [2.24, 2.45) is 5.73 Å². The van der Waals surface area contributed by atoms with Gasteiger partial charge in [-0.25, -0.2) is 14.8 Å². The summed E-state index contributed by atoms with van der Waals surface area (Å²) in [6, 6.07) is 13.2. The van der Waals surface area contributed by atoms with Crippen molar-refractivity contribution in [1.82, 2.24) is 25.3 Å². The average molecular weight is 539 g/mol. The number of rotatable bonds is 7. The van der Waals surface area contributed by atoms with Crippen molar-refractivity contribution in [3.63, 3.8) is 0 Å². The summed E-state index contributed by atoms with van der Waals surface area (Å²) in [6.07, 6.45) is 2.58. The van der Waals surface area contributed by atoms with Crippen molar-refractivity contribution >= 4 is 55.7 Å². The third-order valence-corrected chi connectivity index (χ3v) is 5.94. The van der Waals surface area contributed by atoms with Crippen LogP contribution >= 0.6 is 0 Å². The maximum Gasteiger partial charge on any atom is 0.490 e. The Bertz CT molecular complexity index is 1660. The van der Waals surface area contributed by atoms with Crippen molar-refractivity contribution in [1.29, 1.82) is 0 Å². The van der Waals surface area contributed by atoms with E-state index in [2.05, 4.69) is 15.3 Å². The number of carboxylic acids is 1. The number of aromatic nitrogens is 4. The lowest BCUT2D eigenvalue weighted by Crippen LogP contribution is -2.24. The largest absolute Gasteiger partial charge is 0.490 e. The molecule has 3 heterocycles. The van der Waals surface area contributed by atoms with Gasteiger partial charge in [0.05, 0.1) is 33.1 Å². The molecule has 0 saturated heterocycles. The Labute approximate surface area is 220 Å². The lowest BCUT2D eigenvalue weighted by Gasteiger charge is -2.10. The summed E-state index contributed by atoms with van der Waals surface area (Å²) in [5.41, 5.74) is 10.7. The molecule has 0 spiro atoms. The molecule has 3 aromatic heterocycles. The molecule has 202 valence electrons. The highest BCUT2D eigenvalue weighted by Crippen LogP contribution is 2.31. The molecule has 5 rings (SSSR count). The van der Waals surface area contributed by atoms with Crippen LogP contribution < -0.4 is 11.1 Å². The van der Waals surface area contributed by atoms with Crippen LogP contribution in [0, 0.1) is 0 Å². The van der Waals surface area contributed by atoms with E-state index in [1.165, 1.54) is 0 Å². The quantitative estimate of drug-likeness (QED) is 0.153. The number of nitrogens with one attached hydrogen (secondary N) is 1. The zero-order valence-electron chi connectivity index (χ0n) is 20.7. The Morgan fingerprint density at radius 3 is 1.95 bits per heavy atom. The van der Waals surface area contributed by atoms with Gasteiger partial charge in [-0.05, 0) is 61.9 Å². The summed E-state index contributed by atoms with van der Waals surface area (Å²) in [6.45, 7) is 1.37. The van der Waals surface area contributed by atoms with Crippen LogP contribution in [0.1, 0.15) is 36.0 Å². The van der Waals surface area contributed by atoms with E-state index in [1.807, 2.05) is 30.3 Å². The van der Waals surface area contributed by atoms with Crippen molar-refractivity contribution in [3.8, 4) is 0 Å². The van der Waals surface area contributed by atoms with Crippen LogP contribution in [0.15, 0.2) is 54.9 Å². The van der Waals surface area contributed by atoms with Gasteiger partial charge in [0.1, 0.15) is 0 Å². The number of pyridine rings is 2. The SMILES string of the molecule is NCCCCCCNC(=O)c1ccc2nc3c4cccnc4c4ncccc4c3nc2c1.O=C(O)C(F)(F)F. The molecule has 39 heavy (non-hydrogen) atoms. The summed E-state index contributed by atoms with van der Waals surface area (Å²) >= 11 is 0. The van der Waals surface area contributed by atoms with Gasteiger partial charge >= 0.3 is 12.1 Å². The maximum atomic E-state index is 12.6. The molecule has 0 aliphatic carbocycles. The Hall–Kier alpha value is -4.45. The summed E-state index contributed by atoms with van der Waals surface area (Å²) in [4.78, 5) is 40.4. The summed E-state index contributed by atoms with van der Waals surface area (Å²) in [5.74, 6) is -2.85. The smallest absolute Gasteiger partial charge is 0.475 e. The number of nitrogens with two attached hydrogens (primary N) is 1. The molecule has 0 radical (unpaired) electrons. The number of fused-ring (bicyclic) bond motifs is 7. The number of hydrogen-bond acceptors (Lipinski definition) is 7. The topological polar surface area (TPSA) is 144 Å². The lowest BCUT2D eigenvalue weighted by molar-refractivity contribution is -0.192. The highest BCUT2D eigenvalue weighted by molar-refractivity contribution is 6.21. The minimum atomic E-state index is -5.08. The molecule has 2 aromatic carbocycles. The van der Waals surface area contributed by atoms with E-state index in [9.17, 15) is 18.0 Å². The molecule has 0 aliphatic rings. The maximum absolute atomic E-state index is 12.6. The number of carbonyl (C=O) groups is 2. The Kier molecular flexibility index (Phi) is 8.45. The molecule has 1 amide bonds. The molecule has 0 aliphatic heterocycles. The number of nitrogens with zero attached hydrogens (tertiary/aromatic N) is 4. The third kappa shape index (κ3) is 6.34. The van der Waals surface area contributed by atoms with Crippen LogP contribution in [-0.4, -0.2) is 56.2 Å². The number of benzene rings is 2. The molecular formula is C27H25F3N6O3. The van der Waals surface area contributed by atoms with Crippen LogP contribution in [0.2, 0.25) is 0 Å². The van der Waals surface area contributed by atoms with Crippen LogP contribution in [0.25, 0.3) is 43.9 Å². The van der Waals surface area contributed by atoms with Crippen LogP contribution in [0.5, 0.6) is 0 Å². The predicted molar refractivity (Wildman–Crippen MR) is 141 cm³/mol. The fourth-order valence-corrected chi connectivity index (χ4v) is 4.07. The van der Waals surface area contributed by atoms with Gasteiger partial charge in [-0.3, -0.25) is 14.8 Å². The molecule has 0 fully saturated rings. The Balaban J connectivity index is 0.000000448. The van der Waals surface area contributed by atoms with Gasteiger partial charge < -0.3 is 16.2 Å². The fraction of sp³-hybridized carbons (Fsp3) is 0.259. The zero-order chi connectivity index (χ0) is 28.0. The first-order chi connectivity index (χ1) is 18.7. The van der Waals surface area contributed by atoms with Gasteiger partial charge in [0, 0.05) is 35.3 Å². The molecule has 12 heteroatoms. The van der Waals surface area contributed by atoms with Crippen molar-refractivity contribution in [2.45, 2.75) is 31.9 Å².